The fourth-order valence-corrected chi connectivity index (χ4v) is 2.42. The summed E-state index contributed by atoms with van der Waals surface area (Å²) in [7, 11) is 0. The van der Waals surface area contributed by atoms with E-state index in [0.29, 0.717) is 12.1 Å². The highest BCUT2D eigenvalue weighted by atomic mass is 19.1. The Bertz CT molecular complexity index is 579. The first-order valence-electron chi connectivity index (χ1n) is 12.1. The topological polar surface area (TPSA) is 108 Å². The van der Waals surface area contributed by atoms with Crippen LogP contribution in [0.15, 0.2) is 6.20 Å². The van der Waals surface area contributed by atoms with Crippen LogP contribution < -0.4 is 11.1 Å². The quantitative estimate of drug-likeness (QED) is 0.212. The van der Waals surface area contributed by atoms with Crippen LogP contribution in [0.1, 0.15) is 118 Å². The maximum Gasteiger partial charge on any atom is 0.219 e. The Morgan fingerprint density at radius 2 is 1.73 bits per heavy atom. The number of carbonyl (C=O) groups is 1. The summed E-state index contributed by atoms with van der Waals surface area (Å²) >= 11 is 0. The molecule has 33 heavy (non-hydrogen) atoms. The van der Waals surface area contributed by atoms with Gasteiger partial charge in [0.25, 0.3) is 0 Å². The molecule has 1 atom stereocenters. The number of rotatable bonds is 6. The molecule has 1 aliphatic heterocycles. The molecule has 2 rings (SSSR count). The number of hydrogen-bond acceptors (Lipinski definition) is 4. The molecule has 1 unspecified atom stereocenters. The highest BCUT2D eigenvalue weighted by Crippen LogP contribution is 2.20. The average molecular weight is 470 g/mol. The molecule has 194 valence electrons. The third-order valence-corrected chi connectivity index (χ3v) is 3.81. The van der Waals surface area contributed by atoms with E-state index in [1.54, 1.807) is 33.9 Å². The van der Waals surface area contributed by atoms with E-state index in [0.717, 1.165) is 56.6 Å². The SMILES string of the molecule is C#C.CC.CC.CC(C)=N.Cc1ncc(C(N)CCCCC(C)(C)F)[nH]1.O=C1CCCCN1. The minimum absolute atomic E-state index is 0.0103. The standard InChI is InChI=1S/C12H22FN3.C5H9NO.C3H7N.2C2H6.C2H2/c1-9-15-8-11(16-9)10(14)6-4-5-7-12(2,3)13;7-5-3-1-2-4-6-5;1-3(2)4;3*1-2/h8,10H,4-7,14H2,1-3H3,(H,15,16);1-4H2,(H,6,7);4H,1-2H3;2*1-2H3;1-2H. The zero-order valence-corrected chi connectivity index (χ0v) is 22.8. The number of H-pyrrole nitrogens is 1. The van der Waals surface area contributed by atoms with Crippen molar-refractivity contribution in [3.8, 4) is 12.8 Å². The first kappa shape index (κ1) is 38.1. The van der Waals surface area contributed by atoms with Crippen LogP contribution in [0.25, 0.3) is 0 Å². The van der Waals surface area contributed by atoms with Crippen LogP contribution >= 0.6 is 0 Å². The van der Waals surface area contributed by atoms with Gasteiger partial charge >= 0.3 is 0 Å². The van der Waals surface area contributed by atoms with Crippen molar-refractivity contribution in [3.63, 3.8) is 0 Å². The maximum atomic E-state index is 13.2. The third kappa shape index (κ3) is 32.1. The first-order chi connectivity index (χ1) is 15.5. The molecule has 7 heteroatoms. The maximum absolute atomic E-state index is 13.2. The number of carbonyl (C=O) groups excluding carboxylic acids is 1. The summed E-state index contributed by atoms with van der Waals surface area (Å²) in [4.78, 5) is 17.6. The van der Waals surface area contributed by atoms with Gasteiger partial charge in [-0.2, -0.15) is 0 Å². The monoisotopic (exact) mass is 469 g/mol. The van der Waals surface area contributed by atoms with Gasteiger partial charge in [0.2, 0.25) is 5.91 Å². The molecule has 1 aromatic rings. The number of imidazole rings is 1. The fraction of sp³-hybridized carbons (Fsp3) is 0.731. The van der Waals surface area contributed by atoms with E-state index in [2.05, 4.69) is 28.1 Å². The van der Waals surface area contributed by atoms with Crippen LogP contribution in [0.3, 0.4) is 0 Å². The number of nitrogens with one attached hydrogen (secondary N) is 3. The number of halogens is 1. The molecule has 0 aliphatic carbocycles. The molecule has 0 bridgehead atoms. The fourth-order valence-electron chi connectivity index (χ4n) is 2.42. The van der Waals surface area contributed by atoms with Gasteiger partial charge < -0.3 is 21.4 Å². The minimum atomic E-state index is -1.06. The summed E-state index contributed by atoms with van der Waals surface area (Å²) in [5.41, 5.74) is 6.57. The second kappa shape index (κ2) is 26.1. The number of nitrogens with two attached hydrogens (primary N) is 1. The van der Waals surface area contributed by atoms with E-state index in [1.165, 1.54) is 0 Å². The van der Waals surface area contributed by atoms with Crippen molar-refractivity contribution in [3.05, 3.63) is 17.7 Å². The normalized spacial score (nSPS) is 12.6. The summed E-state index contributed by atoms with van der Waals surface area (Å²) < 4.78 is 13.2. The number of aryl methyl sites for hydroxylation is 1. The molecular formula is C26H52FN5O. The number of unbranched alkanes of at least 4 members (excludes halogenated alkanes) is 1. The van der Waals surface area contributed by atoms with Crippen LogP contribution in [0.4, 0.5) is 4.39 Å². The Kier molecular flexibility index (Phi) is 30.1. The summed E-state index contributed by atoms with van der Waals surface area (Å²) in [6.07, 6.45) is 16.0. The number of aromatic amines is 1. The van der Waals surface area contributed by atoms with E-state index in [9.17, 15) is 9.18 Å². The molecule has 1 aromatic heterocycles. The molecular weight excluding hydrogens is 417 g/mol. The smallest absolute Gasteiger partial charge is 0.219 e. The largest absolute Gasteiger partial charge is 0.356 e. The molecule has 0 spiro atoms. The van der Waals surface area contributed by atoms with Gasteiger partial charge in [-0.25, -0.2) is 9.37 Å². The molecule has 5 N–H and O–H groups in total. The predicted molar refractivity (Wildman–Crippen MR) is 142 cm³/mol. The number of aromatic nitrogens is 2. The number of amides is 1. The van der Waals surface area contributed by atoms with Crippen molar-refractivity contribution < 1.29 is 9.18 Å². The van der Waals surface area contributed by atoms with Gasteiger partial charge in [-0.1, -0.05) is 40.5 Å². The van der Waals surface area contributed by atoms with Crippen molar-refractivity contribution in [1.82, 2.24) is 15.3 Å². The Balaban J connectivity index is -0.000000205. The lowest BCUT2D eigenvalue weighted by atomic mass is 10.00. The van der Waals surface area contributed by atoms with Crippen molar-refractivity contribution in [2.75, 3.05) is 6.54 Å². The lowest BCUT2D eigenvalue weighted by molar-refractivity contribution is -0.122. The molecule has 1 fully saturated rings. The highest BCUT2D eigenvalue weighted by Gasteiger charge is 2.15. The average Bonchev–Trinajstić information content (AvgIpc) is 3.22. The third-order valence-electron chi connectivity index (χ3n) is 3.81. The van der Waals surface area contributed by atoms with Gasteiger partial charge in [0.1, 0.15) is 11.5 Å². The predicted octanol–water partition coefficient (Wildman–Crippen LogP) is 6.66. The Hall–Kier alpha value is -2.20. The van der Waals surface area contributed by atoms with Crippen LogP contribution in [0, 0.1) is 25.2 Å². The molecule has 0 radical (unpaired) electrons. The number of terminal acetylenes is 1. The van der Waals surface area contributed by atoms with Gasteiger partial charge in [0, 0.05) is 30.9 Å². The molecule has 1 amide bonds. The van der Waals surface area contributed by atoms with Gasteiger partial charge in [0.15, 0.2) is 0 Å². The first-order valence-corrected chi connectivity index (χ1v) is 12.1. The van der Waals surface area contributed by atoms with E-state index in [-0.39, 0.29) is 11.9 Å². The Morgan fingerprint density at radius 1 is 1.21 bits per heavy atom. The molecule has 6 nitrogen and oxygen atoms in total. The number of piperidine rings is 1. The van der Waals surface area contributed by atoms with Crippen LogP contribution in [-0.2, 0) is 4.79 Å². The zero-order chi connectivity index (χ0) is 26.9. The van der Waals surface area contributed by atoms with Gasteiger partial charge in [0.05, 0.1) is 5.69 Å². The van der Waals surface area contributed by atoms with Gasteiger partial charge in [-0.3, -0.25) is 4.79 Å². The van der Waals surface area contributed by atoms with Crippen molar-refractivity contribution in [1.29, 1.82) is 5.41 Å². The van der Waals surface area contributed by atoms with Crippen LogP contribution in [-0.4, -0.2) is 33.8 Å². The molecule has 1 aliphatic rings. The Labute approximate surface area is 203 Å². The van der Waals surface area contributed by atoms with Crippen molar-refractivity contribution in [2.45, 2.75) is 119 Å². The van der Waals surface area contributed by atoms with Crippen molar-refractivity contribution in [2.24, 2.45) is 5.73 Å². The lowest BCUT2D eigenvalue weighted by Crippen LogP contribution is -2.28. The summed E-state index contributed by atoms with van der Waals surface area (Å²) in [6.45, 7) is 17.5. The highest BCUT2D eigenvalue weighted by molar-refractivity contribution is 5.76. The van der Waals surface area contributed by atoms with Gasteiger partial charge in [-0.05, 0) is 60.3 Å². The molecule has 1 saturated heterocycles. The number of hydrogen-bond donors (Lipinski definition) is 4. The van der Waals surface area contributed by atoms with E-state index in [4.69, 9.17) is 11.1 Å². The molecule has 0 aromatic carbocycles. The summed E-state index contributed by atoms with van der Waals surface area (Å²) in [5, 5.41) is 9.24. The Morgan fingerprint density at radius 3 is 2.03 bits per heavy atom. The second-order valence-electron chi connectivity index (χ2n) is 7.80. The van der Waals surface area contributed by atoms with Crippen LogP contribution in [0.5, 0.6) is 0 Å². The van der Waals surface area contributed by atoms with E-state index < -0.39 is 5.67 Å². The lowest BCUT2D eigenvalue weighted by Gasteiger charge is -2.14. The van der Waals surface area contributed by atoms with E-state index >= 15 is 0 Å². The molecule has 2 heterocycles. The zero-order valence-electron chi connectivity index (χ0n) is 22.8. The van der Waals surface area contributed by atoms with Crippen LogP contribution in [0.2, 0.25) is 0 Å². The minimum Gasteiger partial charge on any atom is -0.356 e. The number of nitrogens with zero attached hydrogens (tertiary/aromatic N) is 1. The van der Waals surface area contributed by atoms with Gasteiger partial charge in [-0.15, -0.1) is 12.8 Å². The van der Waals surface area contributed by atoms with E-state index in [1.807, 2.05) is 34.6 Å². The van der Waals surface area contributed by atoms with Crippen molar-refractivity contribution >= 4 is 11.6 Å². The summed E-state index contributed by atoms with van der Waals surface area (Å²) in [6, 6.07) is -0.0103. The number of alkyl halides is 1. The molecule has 0 saturated carbocycles. The second-order valence-corrected chi connectivity index (χ2v) is 7.80. The summed E-state index contributed by atoms with van der Waals surface area (Å²) in [5.74, 6) is 1.10.